The van der Waals surface area contributed by atoms with Gasteiger partial charge in [-0.2, -0.15) is 13.2 Å². The van der Waals surface area contributed by atoms with Crippen LogP contribution in [0.3, 0.4) is 0 Å². The number of H-pyrrole nitrogens is 1. The highest BCUT2D eigenvalue weighted by molar-refractivity contribution is 5.37. The van der Waals surface area contributed by atoms with Crippen LogP contribution in [0.4, 0.5) is 13.2 Å². The molecule has 1 aromatic carbocycles. The van der Waals surface area contributed by atoms with Gasteiger partial charge in [0.2, 0.25) is 0 Å². The van der Waals surface area contributed by atoms with Gasteiger partial charge in [-0.3, -0.25) is 9.89 Å². The van der Waals surface area contributed by atoms with E-state index in [-0.39, 0.29) is 18.0 Å². The third-order valence-electron chi connectivity index (χ3n) is 3.25. The van der Waals surface area contributed by atoms with E-state index < -0.39 is 11.7 Å². The SMILES string of the molecule is CC(C)c1[nH]n(-c2ccc(C(F)(F)F)cc2)c(=O)c1CN. The molecule has 0 unspecified atom stereocenters. The molecule has 0 spiro atoms. The second-order valence-corrected chi connectivity index (χ2v) is 5.05. The summed E-state index contributed by atoms with van der Waals surface area (Å²) in [4.78, 5) is 12.2. The number of aromatic nitrogens is 2. The number of benzene rings is 1. The topological polar surface area (TPSA) is 63.8 Å². The highest BCUT2D eigenvalue weighted by Gasteiger charge is 2.30. The van der Waals surface area contributed by atoms with Gasteiger partial charge in [0.05, 0.1) is 16.8 Å². The molecule has 1 aromatic heterocycles. The van der Waals surface area contributed by atoms with Crippen LogP contribution in [0.25, 0.3) is 5.69 Å². The third kappa shape index (κ3) is 2.87. The number of hydrogen-bond acceptors (Lipinski definition) is 2. The molecule has 0 radical (unpaired) electrons. The van der Waals surface area contributed by atoms with E-state index in [9.17, 15) is 18.0 Å². The molecular formula is C14H16F3N3O. The molecule has 2 aromatic rings. The van der Waals surface area contributed by atoms with Gasteiger partial charge in [-0.05, 0) is 30.2 Å². The van der Waals surface area contributed by atoms with Crippen molar-refractivity contribution in [3.05, 3.63) is 51.4 Å². The van der Waals surface area contributed by atoms with Crippen LogP contribution in [0.15, 0.2) is 29.1 Å². The van der Waals surface area contributed by atoms with Crippen molar-refractivity contribution in [3.8, 4) is 5.69 Å². The van der Waals surface area contributed by atoms with Crippen molar-refractivity contribution in [2.75, 3.05) is 0 Å². The molecule has 0 bridgehead atoms. The quantitative estimate of drug-likeness (QED) is 0.915. The first-order valence-electron chi connectivity index (χ1n) is 6.47. The van der Waals surface area contributed by atoms with Gasteiger partial charge < -0.3 is 5.73 Å². The van der Waals surface area contributed by atoms with E-state index >= 15 is 0 Å². The minimum atomic E-state index is -4.40. The number of rotatable bonds is 3. The lowest BCUT2D eigenvalue weighted by Crippen LogP contribution is -2.19. The van der Waals surface area contributed by atoms with Crippen LogP contribution >= 0.6 is 0 Å². The summed E-state index contributed by atoms with van der Waals surface area (Å²) in [6.45, 7) is 3.89. The molecule has 3 N–H and O–H groups in total. The normalized spacial score (nSPS) is 12.1. The highest BCUT2D eigenvalue weighted by atomic mass is 19.4. The monoisotopic (exact) mass is 299 g/mol. The largest absolute Gasteiger partial charge is 0.416 e. The maximum absolute atomic E-state index is 12.5. The molecule has 0 saturated heterocycles. The standard InChI is InChI=1S/C14H16F3N3O/c1-8(2)12-11(7-18)13(21)20(19-12)10-5-3-9(4-6-10)14(15,16)17/h3-6,8,19H,7,18H2,1-2H3. The number of nitrogens with two attached hydrogens (primary N) is 1. The van der Waals surface area contributed by atoms with Crippen LogP contribution < -0.4 is 11.3 Å². The predicted octanol–water partition coefficient (Wildman–Crippen LogP) is 2.77. The Morgan fingerprint density at radius 3 is 2.19 bits per heavy atom. The van der Waals surface area contributed by atoms with Crippen molar-refractivity contribution in [1.82, 2.24) is 9.78 Å². The smallest absolute Gasteiger partial charge is 0.326 e. The maximum Gasteiger partial charge on any atom is 0.416 e. The molecule has 0 aliphatic carbocycles. The van der Waals surface area contributed by atoms with Gasteiger partial charge in [-0.25, -0.2) is 4.68 Å². The Hall–Kier alpha value is -2.02. The molecule has 0 saturated carbocycles. The Morgan fingerprint density at radius 2 is 1.81 bits per heavy atom. The first-order chi connectivity index (χ1) is 9.75. The van der Waals surface area contributed by atoms with E-state index in [1.54, 1.807) is 0 Å². The molecular weight excluding hydrogens is 283 g/mol. The second-order valence-electron chi connectivity index (χ2n) is 5.05. The summed E-state index contributed by atoms with van der Waals surface area (Å²) in [6.07, 6.45) is -4.40. The lowest BCUT2D eigenvalue weighted by Gasteiger charge is -2.08. The lowest BCUT2D eigenvalue weighted by atomic mass is 10.1. The predicted molar refractivity (Wildman–Crippen MR) is 73.4 cm³/mol. The molecule has 0 fully saturated rings. The molecule has 0 amide bonds. The number of nitrogens with zero attached hydrogens (tertiary/aromatic N) is 1. The van der Waals surface area contributed by atoms with Crippen molar-refractivity contribution in [2.24, 2.45) is 5.73 Å². The zero-order valence-corrected chi connectivity index (χ0v) is 11.7. The van der Waals surface area contributed by atoms with Gasteiger partial charge in [0, 0.05) is 12.2 Å². The van der Waals surface area contributed by atoms with Crippen LogP contribution in [0, 0.1) is 0 Å². The van der Waals surface area contributed by atoms with Gasteiger partial charge in [-0.1, -0.05) is 13.8 Å². The third-order valence-corrected chi connectivity index (χ3v) is 3.25. The Bertz CT molecular complexity index is 681. The zero-order chi connectivity index (χ0) is 15.8. The first-order valence-corrected chi connectivity index (χ1v) is 6.47. The van der Waals surface area contributed by atoms with E-state index in [0.717, 1.165) is 12.1 Å². The van der Waals surface area contributed by atoms with Gasteiger partial charge in [0.25, 0.3) is 5.56 Å². The van der Waals surface area contributed by atoms with Gasteiger partial charge in [-0.15, -0.1) is 0 Å². The van der Waals surface area contributed by atoms with E-state index in [0.29, 0.717) is 16.9 Å². The van der Waals surface area contributed by atoms with Gasteiger partial charge in [0.15, 0.2) is 0 Å². The number of halogens is 3. The number of aromatic amines is 1. The minimum Gasteiger partial charge on any atom is -0.326 e. The fourth-order valence-corrected chi connectivity index (χ4v) is 2.14. The van der Waals surface area contributed by atoms with E-state index in [4.69, 9.17) is 5.73 Å². The van der Waals surface area contributed by atoms with Crippen molar-refractivity contribution in [2.45, 2.75) is 32.5 Å². The Morgan fingerprint density at radius 1 is 1.24 bits per heavy atom. The Balaban J connectivity index is 2.50. The molecule has 7 heteroatoms. The van der Waals surface area contributed by atoms with Crippen molar-refractivity contribution >= 4 is 0 Å². The van der Waals surface area contributed by atoms with E-state index in [2.05, 4.69) is 5.10 Å². The molecule has 114 valence electrons. The first kappa shape index (κ1) is 15.4. The average molecular weight is 299 g/mol. The number of alkyl halides is 3. The summed E-state index contributed by atoms with van der Waals surface area (Å²) in [6, 6.07) is 4.40. The van der Waals surface area contributed by atoms with Crippen molar-refractivity contribution < 1.29 is 13.2 Å². The molecule has 1 heterocycles. The van der Waals surface area contributed by atoms with Crippen molar-refractivity contribution in [1.29, 1.82) is 0 Å². The fourth-order valence-electron chi connectivity index (χ4n) is 2.14. The average Bonchev–Trinajstić information content (AvgIpc) is 2.75. The summed E-state index contributed by atoms with van der Waals surface area (Å²) in [7, 11) is 0. The molecule has 21 heavy (non-hydrogen) atoms. The lowest BCUT2D eigenvalue weighted by molar-refractivity contribution is -0.137. The number of nitrogens with one attached hydrogen (secondary N) is 1. The molecule has 0 aliphatic heterocycles. The van der Waals surface area contributed by atoms with Gasteiger partial charge in [0.1, 0.15) is 0 Å². The van der Waals surface area contributed by atoms with Gasteiger partial charge >= 0.3 is 6.18 Å². The highest BCUT2D eigenvalue weighted by Crippen LogP contribution is 2.29. The number of hydrogen-bond donors (Lipinski definition) is 2. The molecule has 0 atom stereocenters. The van der Waals surface area contributed by atoms with E-state index in [1.807, 2.05) is 13.8 Å². The molecule has 2 rings (SSSR count). The molecule has 4 nitrogen and oxygen atoms in total. The maximum atomic E-state index is 12.5. The van der Waals surface area contributed by atoms with Crippen molar-refractivity contribution in [3.63, 3.8) is 0 Å². The molecule has 0 aliphatic rings. The Kier molecular flexibility index (Phi) is 3.95. The fraction of sp³-hybridized carbons (Fsp3) is 0.357. The minimum absolute atomic E-state index is 0.0620. The van der Waals surface area contributed by atoms with Crippen LogP contribution in [-0.4, -0.2) is 9.78 Å². The summed E-state index contributed by atoms with van der Waals surface area (Å²) < 4.78 is 38.8. The van der Waals surface area contributed by atoms with Crippen LogP contribution in [-0.2, 0) is 12.7 Å². The second kappa shape index (κ2) is 5.40. The Labute approximate surface area is 119 Å². The summed E-state index contributed by atoms with van der Waals surface area (Å²) in [5.74, 6) is 0.0620. The van der Waals surface area contributed by atoms with Crippen LogP contribution in [0.5, 0.6) is 0 Å². The summed E-state index contributed by atoms with van der Waals surface area (Å²) in [5, 5.41) is 2.92. The summed E-state index contributed by atoms with van der Waals surface area (Å²) >= 11 is 0. The van der Waals surface area contributed by atoms with E-state index in [1.165, 1.54) is 16.8 Å². The van der Waals surface area contributed by atoms with Crippen LogP contribution in [0.2, 0.25) is 0 Å². The zero-order valence-electron chi connectivity index (χ0n) is 11.7. The summed E-state index contributed by atoms with van der Waals surface area (Å²) in [5.41, 5.74) is 5.98. The van der Waals surface area contributed by atoms with Crippen LogP contribution in [0.1, 0.15) is 36.6 Å².